The van der Waals surface area contributed by atoms with E-state index < -0.39 is 0 Å². The summed E-state index contributed by atoms with van der Waals surface area (Å²) in [6.45, 7) is 4.49. The van der Waals surface area contributed by atoms with E-state index in [2.05, 4.69) is 16.9 Å². The second-order valence-electron chi connectivity index (χ2n) is 4.09. The van der Waals surface area contributed by atoms with Crippen LogP contribution in [-0.4, -0.2) is 22.9 Å². The average Bonchev–Trinajstić information content (AvgIpc) is 2.78. The van der Waals surface area contributed by atoms with Crippen molar-refractivity contribution < 1.29 is 4.39 Å². The van der Waals surface area contributed by atoms with E-state index in [1.54, 1.807) is 24.5 Å². The molecule has 2 rings (SSSR count). The first kappa shape index (κ1) is 12.4. The summed E-state index contributed by atoms with van der Waals surface area (Å²) in [6, 6.07) is 6.53. The molecule has 5 heteroatoms. The van der Waals surface area contributed by atoms with Crippen LogP contribution in [0.5, 0.6) is 0 Å². The number of halogens is 1. The first-order valence-corrected chi connectivity index (χ1v) is 5.97. The molecule has 0 fully saturated rings. The van der Waals surface area contributed by atoms with Gasteiger partial charge in [0.1, 0.15) is 5.82 Å². The lowest BCUT2D eigenvalue weighted by Crippen LogP contribution is -2.27. The van der Waals surface area contributed by atoms with Crippen LogP contribution in [0.3, 0.4) is 0 Å². The molecule has 0 saturated carbocycles. The molecular weight excluding hydrogens is 231 g/mol. The maximum absolute atomic E-state index is 12.9. The molecule has 0 amide bonds. The van der Waals surface area contributed by atoms with Gasteiger partial charge >= 0.3 is 0 Å². The van der Waals surface area contributed by atoms with E-state index in [1.807, 2.05) is 4.68 Å². The monoisotopic (exact) mass is 248 g/mol. The van der Waals surface area contributed by atoms with Crippen LogP contribution >= 0.6 is 0 Å². The van der Waals surface area contributed by atoms with Gasteiger partial charge in [0, 0.05) is 25.0 Å². The Balaban J connectivity index is 1.99. The predicted octanol–water partition coefficient (Wildman–Crippen LogP) is 2.13. The maximum atomic E-state index is 12.9. The number of nitrogen functional groups attached to an aromatic ring is 1. The van der Waals surface area contributed by atoms with Crippen LogP contribution in [0.2, 0.25) is 0 Å². The molecule has 2 aromatic rings. The molecule has 0 bridgehead atoms. The SMILES string of the molecule is CCN(CCn1cc(N)cn1)c1ccc(F)cc1. The van der Waals surface area contributed by atoms with Crippen molar-refractivity contribution in [3.05, 3.63) is 42.5 Å². The Kier molecular flexibility index (Phi) is 3.82. The molecule has 0 spiro atoms. The summed E-state index contributed by atoms with van der Waals surface area (Å²) < 4.78 is 14.7. The molecule has 0 aliphatic heterocycles. The van der Waals surface area contributed by atoms with Gasteiger partial charge < -0.3 is 10.6 Å². The lowest BCUT2D eigenvalue weighted by molar-refractivity contribution is 0.599. The van der Waals surface area contributed by atoms with Gasteiger partial charge in [-0.05, 0) is 31.2 Å². The molecule has 18 heavy (non-hydrogen) atoms. The molecule has 0 atom stereocenters. The van der Waals surface area contributed by atoms with E-state index in [0.29, 0.717) is 5.69 Å². The molecule has 1 heterocycles. The Bertz CT molecular complexity index is 492. The normalized spacial score (nSPS) is 10.6. The number of hydrogen-bond acceptors (Lipinski definition) is 3. The quantitative estimate of drug-likeness (QED) is 0.881. The van der Waals surface area contributed by atoms with Crippen LogP contribution in [0.4, 0.5) is 15.8 Å². The number of likely N-dealkylation sites (N-methyl/N-ethyl adjacent to an activating group) is 1. The summed E-state index contributed by atoms with van der Waals surface area (Å²) in [4.78, 5) is 2.16. The highest BCUT2D eigenvalue weighted by Crippen LogP contribution is 2.14. The average molecular weight is 248 g/mol. The van der Waals surface area contributed by atoms with Crippen molar-refractivity contribution in [3.63, 3.8) is 0 Å². The third-order valence-electron chi connectivity index (χ3n) is 2.83. The van der Waals surface area contributed by atoms with Crippen molar-refractivity contribution in [1.82, 2.24) is 9.78 Å². The highest BCUT2D eigenvalue weighted by Gasteiger charge is 2.05. The number of benzene rings is 1. The fourth-order valence-corrected chi connectivity index (χ4v) is 1.85. The summed E-state index contributed by atoms with van der Waals surface area (Å²) >= 11 is 0. The summed E-state index contributed by atoms with van der Waals surface area (Å²) in [6.07, 6.45) is 3.44. The van der Waals surface area contributed by atoms with Gasteiger partial charge in [0.2, 0.25) is 0 Å². The largest absolute Gasteiger partial charge is 0.396 e. The maximum Gasteiger partial charge on any atom is 0.123 e. The van der Waals surface area contributed by atoms with Gasteiger partial charge in [0.25, 0.3) is 0 Å². The van der Waals surface area contributed by atoms with Crippen molar-refractivity contribution >= 4 is 11.4 Å². The van der Waals surface area contributed by atoms with Crippen LogP contribution in [0.15, 0.2) is 36.7 Å². The number of hydrogen-bond donors (Lipinski definition) is 1. The van der Waals surface area contributed by atoms with Gasteiger partial charge in [-0.2, -0.15) is 5.10 Å². The zero-order valence-electron chi connectivity index (χ0n) is 10.4. The second-order valence-corrected chi connectivity index (χ2v) is 4.09. The zero-order chi connectivity index (χ0) is 13.0. The van der Waals surface area contributed by atoms with Crippen LogP contribution in [0.1, 0.15) is 6.92 Å². The summed E-state index contributed by atoms with van der Waals surface area (Å²) in [5, 5.41) is 4.13. The van der Waals surface area contributed by atoms with E-state index in [4.69, 9.17) is 5.73 Å². The fourth-order valence-electron chi connectivity index (χ4n) is 1.85. The Morgan fingerprint density at radius 2 is 2.06 bits per heavy atom. The lowest BCUT2D eigenvalue weighted by Gasteiger charge is -2.23. The number of nitrogens with zero attached hydrogens (tertiary/aromatic N) is 3. The number of rotatable bonds is 5. The molecule has 96 valence electrons. The number of anilines is 2. The molecule has 0 aliphatic carbocycles. The lowest BCUT2D eigenvalue weighted by atomic mass is 10.3. The first-order chi connectivity index (χ1) is 8.69. The molecular formula is C13H17FN4. The molecule has 0 saturated heterocycles. The standard InChI is InChI=1S/C13H17FN4/c1-2-17(13-5-3-11(14)4-6-13)7-8-18-10-12(15)9-16-18/h3-6,9-10H,2,7-8,15H2,1H3. The molecule has 1 aromatic carbocycles. The number of nitrogens with two attached hydrogens (primary N) is 1. The second kappa shape index (κ2) is 5.53. The minimum Gasteiger partial charge on any atom is -0.396 e. The van der Waals surface area contributed by atoms with Crippen molar-refractivity contribution in [2.45, 2.75) is 13.5 Å². The van der Waals surface area contributed by atoms with E-state index in [1.165, 1.54) is 12.1 Å². The van der Waals surface area contributed by atoms with E-state index >= 15 is 0 Å². The highest BCUT2D eigenvalue weighted by molar-refractivity contribution is 5.46. The van der Waals surface area contributed by atoms with E-state index in [9.17, 15) is 4.39 Å². The summed E-state index contributed by atoms with van der Waals surface area (Å²) in [7, 11) is 0. The molecule has 0 unspecified atom stereocenters. The van der Waals surface area contributed by atoms with Crippen LogP contribution in [-0.2, 0) is 6.54 Å². The topological polar surface area (TPSA) is 47.1 Å². The molecule has 2 N–H and O–H groups in total. The third kappa shape index (κ3) is 3.00. The minimum atomic E-state index is -0.213. The molecule has 1 aromatic heterocycles. The predicted molar refractivity (Wildman–Crippen MR) is 70.9 cm³/mol. The molecule has 0 radical (unpaired) electrons. The van der Waals surface area contributed by atoms with Crippen LogP contribution in [0, 0.1) is 5.82 Å². The van der Waals surface area contributed by atoms with Gasteiger partial charge in [-0.25, -0.2) is 4.39 Å². The molecule has 4 nitrogen and oxygen atoms in total. The molecule has 0 aliphatic rings. The van der Waals surface area contributed by atoms with E-state index in [-0.39, 0.29) is 5.82 Å². The van der Waals surface area contributed by atoms with Gasteiger partial charge in [0.05, 0.1) is 18.4 Å². The van der Waals surface area contributed by atoms with Crippen molar-refractivity contribution in [2.24, 2.45) is 0 Å². The summed E-state index contributed by atoms with van der Waals surface area (Å²) in [5.41, 5.74) is 7.29. The van der Waals surface area contributed by atoms with Crippen LogP contribution < -0.4 is 10.6 Å². The van der Waals surface area contributed by atoms with Gasteiger partial charge in [-0.1, -0.05) is 0 Å². The Morgan fingerprint density at radius 1 is 1.33 bits per heavy atom. The van der Waals surface area contributed by atoms with Crippen LogP contribution in [0.25, 0.3) is 0 Å². The summed E-state index contributed by atoms with van der Waals surface area (Å²) in [5.74, 6) is -0.213. The smallest absolute Gasteiger partial charge is 0.123 e. The van der Waals surface area contributed by atoms with Crippen molar-refractivity contribution in [1.29, 1.82) is 0 Å². The minimum absolute atomic E-state index is 0.213. The van der Waals surface area contributed by atoms with Gasteiger partial charge in [-0.15, -0.1) is 0 Å². The Morgan fingerprint density at radius 3 is 2.61 bits per heavy atom. The Hall–Kier alpha value is -2.04. The third-order valence-corrected chi connectivity index (χ3v) is 2.83. The Labute approximate surface area is 106 Å². The first-order valence-electron chi connectivity index (χ1n) is 5.97. The van der Waals surface area contributed by atoms with Crippen molar-refractivity contribution in [3.8, 4) is 0 Å². The van der Waals surface area contributed by atoms with Gasteiger partial charge in [0.15, 0.2) is 0 Å². The fraction of sp³-hybridized carbons (Fsp3) is 0.308. The van der Waals surface area contributed by atoms with Crippen molar-refractivity contribution in [2.75, 3.05) is 23.7 Å². The van der Waals surface area contributed by atoms with Gasteiger partial charge in [-0.3, -0.25) is 4.68 Å². The zero-order valence-corrected chi connectivity index (χ0v) is 10.4. The number of aromatic nitrogens is 2. The van der Waals surface area contributed by atoms with E-state index in [0.717, 1.165) is 25.3 Å². The highest BCUT2D eigenvalue weighted by atomic mass is 19.1.